The van der Waals surface area contributed by atoms with Crippen molar-refractivity contribution in [1.29, 1.82) is 0 Å². The zero-order chi connectivity index (χ0) is 15.7. The van der Waals surface area contributed by atoms with Gasteiger partial charge in [-0.25, -0.2) is 0 Å². The van der Waals surface area contributed by atoms with Crippen LogP contribution in [-0.4, -0.2) is 43.5 Å². The maximum Gasteiger partial charge on any atom is 0.167 e. The summed E-state index contributed by atoms with van der Waals surface area (Å²) in [6.45, 7) is 11.9. The average Bonchev–Trinajstić information content (AvgIpc) is 2.49. The molecule has 0 N–H and O–H groups in total. The van der Waals surface area contributed by atoms with Crippen molar-refractivity contribution in [3.8, 4) is 11.5 Å². The van der Waals surface area contributed by atoms with Crippen LogP contribution in [0.2, 0.25) is 0 Å². The minimum absolute atomic E-state index is 0.119. The molecular formula is C17H27NO3. The highest BCUT2D eigenvalue weighted by Crippen LogP contribution is 2.26. The van der Waals surface area contributed by atoms with Crippen molar-refractivity contribution < 1.29 is 14.3 Å². The zero-order valence-electron chi connectivity index (χ0n) is 13.6. The molecule has 0 aliphatic heterocycles. The molecule has 0 saturated carbocycles. The van der Waals surface area contributed by atoms with Gasteiger partial charge in [0.05, 0.1) is 18.8 Å². The number of hydrogen-bond donors (Lipinski definition) is 0. The highest BCUT2D eigenvalue weighted by molar-refractivity contribution is 5.99. The Balaban J connectivity index is 2.81. The fourth-order valence-electron chi connectivity index (χ4n) is 2.20. The molecule has 0 aliphatic rings. The first-order chi connectivity index (χ1) is 10.2. The van der Waals surface area contributed by atoms with E-state index < -0.39 is 0 Å². The van der Waals surface area contributed by atoms with Crippen molar-refractivity contribution in [2.75, 3.05) is 32.8 Å². The van der Waals surface area contributed by atoms with Gasteiger partial charge in [-0.15, -0.1) is 0 Å². The molecule has 21 heavy (non-hydrogen) atoms. The van der Waals surface area contributed by atoms with E-state index >= 15 is 0 Å². The molecule has 0 unspecified atom stereocenters. The molecule has 0 spiro atoms. The Morgan fingerprint density at radius 2 is 1.71 bits per heavy atom. The van der Waals surface area contributed by atoms with Crippen LogP contribution in [-0.2, 0) is 0 Å². The quantitative estimate of drug-likeness (QED) is 0.620. The standard InChI is InChI=1S/C17H27NO3/c1-5-18(6-2)12-11-16(19)15-10-9-14(20-7-3)13-17(15)21-8-4/h9-10,13H,5-8,11-12H2,1-4H3. The van der Waals surface area contributed by atoms with Crippen LogP contribution in [0.4, 0.5) is 0 Å². The fourth-order valence-corrected chi connectivity index (χ4v) is 2.20. The van der Waals surface area contributed by atoms with Crippen molar-refractivity contribution >= 4 is 5.78 Å². The van der Waals surface area contributed by atoms with Gasteiger partial charge in [0.25, 0.3) is 0 Å². The number of benzene rings is 1. The van der Waals surface area contributed by atoms with Gasteiger partial charge in [-0.2, -0.15) is 0 Å². The number of rotatable bonds is 10. The van der Waals surface area contributed by atoms with E-state index in [9.17, 15) is 4.79 Å². The lowest BCUT2D eigenvalue weighted by Gasteiger charge is -2.18. The van der Waals surface area contributed by atoms with Crippen LogP contribution < -0.4 is 9.47 Å². The number of Topliss-reactive ketones (excluding diaryl/α,β-unsaturated/α-hetero) is 1. The van der Waals surface area contributed by atoms with E-state index in [-0.39, 0.29) is 5.78 Å². The maximum absolute atomic E-state index is 12.4. The predicted molar refractivity (Wildman–Crippen MR) is 85.5 cm³/mol. The lowest BCUT2D eigenvalue weighted by Crippen LogP contribution is -2.25. The number of ketones is 1. The Labute approximate surface area is 128 Å². The molecule has 4 heteroatoms. The van der Waals surface area contributed by atoms with E-state index in [1.807, 2.05) is 19.9 Å². The van der Waals surface area contributed by atoms with E-state index in [0.717, 1.165) is 25.4 Å². The van der Waals surface area contributed by atoms with E-state index in [0.29, 0.717) is 30.9 Å². The second kappa shape index (κ2) is 9.40. The Bertz CT molecular complexity index is 442. The molecule has 0 amide bonds. The Hall–Kier alpha value is -1.55. The third kappa shape index (κ3) is 5.38. The molecule has 1 aromatic rings. The van der Waals surface area contributed by atoms with Crippen LogP contribution in [0, 0.1) is 0 Å². The summed E-state index contributed by atoms with van der Waals surface area (Å²) >= 11 is 0. The van der Waals surface area contributed by atoms with E-state index in [1.165, 1.54) is 0 Å². The first kappa shape index (κ1) is 17.5. The summed E-state index contributed by atoms with van der Waals surface area (Å²) in [7, 11) is 0. The first-order valence-corrected chi connectivity index (χ1v) is 7.81. The molecule has 118 valence electrons. The average molecular weight is 293 g/mol. The number of carbonyl (C=O) groups is 1. The van der Waals surface area contributed by atoms with Gasteiger partial charge in [-0.3, -0.25) is 4.79 Å². The third-order valence-electron chi connectivity index (χ3n) is 3.41. The van der Waals surface area contributed by atoms with Crippen LogP contribution in [0.3, 0.4) is 0 Å². The number of nitrogens with zero attached hydrogens (tertiary/aromatic N) is 1. The van der Waals surface area contributed by atoms with Gasteiger partial charge < -0.3 is 14.4 Å². The molecule has 0 radical (unpaired) electrons. The van der Waals surface area contributed by atoms with Crippen LogP contribution in [0.25, 0.3) is 0 Å². The predicted octanol–water partition coefficient (Wildman–Crippen LogP) is 3.40. The SMILES string of the molecule is CCOc1ccc(C(=O)CCN(CC)CC)c(OCC)c1. The fraction of sp³-hybridized carbons (Fsp3) is 0.588. The number of ether oxygens (including phenoxy) is 2. The van der Waals surface area contributed by atoms with Crippen LogP contribution in [0.5, 0.6) is 11.5 Å². The summed E-state index contributed by atoms with van der Waals surface area (Å²) in [6, 6.07) is 5.44. The summed E-state index contributed by atoms with van der Waals surface area (Å²) in [5.41, 5.74) is 0.646. The number of carbonyl (C=O) groups excluding carboxylic acids is 1. The number of hydrogen-bond acceptors (Lipinski definition) is 4. The third-order valence-corrected chi connectivity index (χ3v) is 3.41. The summed E-state index contributed by atoms with van der Waals surface area (Å²) in [4.78, 5) is 14.6. The first-order valence-electron chi connectivity index (χ1n) is 7.81. The molecule has 0 saturated heterocycles. The molecular weight excluding hydrogens is 266 g/mol. The molecule has 0 fully saturated rings. The molecule has 1 aromatic carbocycles. The lowest BCUT2D eigenvalue weighted by molar-refractivity contribution is 0.0962. The maximum atomic E-state index is 12.4. The van der Waals surface area contributed by atoms with Gasteiger partial charge in [0.15, 0.2) is 5.78 Å². The van der Waals surface area contributed by atoms with Gasteiger partial charge in [0.2, 0.25) is 0 Å². The molecule has 0 atom stereocenters. The van der Waals surface area contributed by atoms with E-state index in [4.69, 9.17) is 9.47 Å². The van der Waals surface area contributed by atoms with Gasteiger partial charge in [-0.05, 0) is 39.1 Å². The minimum atomic E-state index is 0.119. The Kier molecular flexibility index (Phi) is 7.83. The van der Waals surface area contributed by atoms with Crippen molar-refractivity contribution in [2.45, 2.75) is 34.1 Å². The summed E-state index contributed by atoms with van der Waals surface area (Å²) in [6.07, 6.45) is 0.510. The van der Waals surface area contributed by atoms with Gasteiger partial charge >= 0.3 is 0 Å². The Morgan fingerprint density at radius 3 is 2.29 bits per heavy atom. The van der Waals surface area contributed by atoms with Crippen LogP contribution in [0.1, 0.15) is 44.5 Å². The molecule has 0 aromatic heterocycles. The second-order valence-corrected chi connectivity index (χ2v) is 4.72. The van der Waals surface area contributed by atoms with Gasteiger partial charge in [0.1, 0.15) is 11.5 Å². The normalized spacial score (nSPS) is 10.7. The van der Waals surface area contributed by atoms with Crippen molar-refractivity contribution in [1.82, 2.24) is 4.90 Å². The lowest BCUT2D eigenvalue weighted by atomic mass is 10.1. The van der Waals surface area contributed by atoms with Crippen molar-refractivity contribution in [2.24, 2.45) is 0 Å². The smallest absolute Gasteiger partial charge is 0.167 e. The second-order valence-electron chi connectivity index (χ2n) is 4.72. The van der Waals surface area contributed by atoms with Gasteiger partial charge in [-0.1, -0.05) is 13.8 Å². The largest absolute Gasteiger partial charge is 0.494 e. The van der Waals surface area contributed by atoms with Crippen LogP contribution >= 0.6 is 0 Å². The topological polar surface area (TPSA) is 38.8 Å². The van der Waals surface area contributed by atoms with Gasteiger partial charge in [0, 0.05) is 19.0 Å². The van der Waals surface area contributed by atoms with Crippen molar-refractivity contribution in [3.05, 3.63) is 23.8 Å². The van der Waals surface area contributed by atoms with E-state index in [2.05, 4.69) is 18.7 Å². The molecule has 4 nitrogen and oxygen atoms in total. The van der Waals surface area contributed by atoms with Crippen LogP contribution in [0.15, 0.2) is 18.2 Å². The monoisotopic (exact) mass is 293 g/mol. The highest BCUT2D eigenvalue weighted by atomic mass is 16.5. The summed E-state index contributed by atoms with van der Waals surface area (Å²) < 4.78 is 11.1. The van der Waals surface area contributed by atoms with Crippen molar-refractivity contribution in [3.63, 3.8) is 0 Å². The summed E-state index contributed by atoms with van der Waals surface area (Å²) in [5, 5.41) is 0. The Morgan fingerprint density at radius 1 is 1.05 bits per heavy atom. The molecule has 0 bridgehead atoms. The van der Waals surface area contributed by atoms with E-state index in [1.54, 1.807) is 12.1 Å². The summed E-state index contributed by atoms with van der Waals surface area (Å²) in [5.74, 6) is 1.47. The molecule has 1 rings (SSSR count). The minimum Gasteiger partial charge on any atom is -0.494 e. The molecule has 0 aliphatic carbocycles. The molecule has 0 heterocycles. The zero-order valence-corrected chi connectivity index (χ0v) is 13.6. The highest BCUT2D eigenvalue weighted by Gasteiger charge is 2.14.